The summed E-state index contributed by atoms with van der Waals surface area (Å²) in [6.45, 7) is 0.885. The van der Waals surface area contributed by atoms with Gasteiger partial charge in [-0.25, -0.2) is 8.42 Å². The molecule has 0 bridgehead atoms. The van der Waals surface area contributed by atoms with Gasteiger partial charge in [-0.1, -0.05) is 12.1 Å². The first-order valence-electron chi connectivity index (χ1n) is 7.38. The van der Waals surface area contributed by atoms with Crippen LogP contribution in [0.5, 0.6) is 0 Å². The monoisotopic (exact) mass is 312 g/mol. The molecule has 21 heavy (non-hydrogen) atoms. The molecule has 0 amide bonds. The van der Waals surface area contributed by atoms with Crippen molar-refractivity contribution in [3.63, 3.8) is 0 Å². The van der Waals surface area contributed by atoms with Crippen LogP contribution in [0.2, 0.25) is 0 Å². The highest BCUT2D eigenvalue weighted by molar-refractivity contribution is 7.90. The Bertz CT molecular complexity index is 537. The van der Waals surface area contributed by atoms with Gasteiger partial charge in [0.25, 0.3) is 0 Å². The number of hydrazine groups is 1. The molecule has 1 aromatic carbocycles. The van der Waals surface area contributed by atoms with E-state index >= 15 is 0 Å². The van der Waals surface area contributed by atoms with Crippen molar-refractivity contribution in [1.29, 1.82) is 0 Å². The van der Waals surface area contributed by atoms with Gasteiger partial charge in [0.1, 0.15) is 0 Å². The molecule has 5 nitrogen and oxygen atoms in total. The van der Waals surface area contributed by atoms with Crippen LogP contribution in [0.15, 0.2) is 29.2 Å². The summed E-state index contributed by atoms with van der Waals surface area (Å²) in [6, 6.07) is 6.96. The zero-order valence-corrected chi connectivity index (χ0v) is 13.2. The topological polar surface area (TPSA) is 81.4 Å². The van der Waals surface area contributed by atoms with Gasteiger partial charge >= 0.3 is 0 Å². The van der Waals surface area contributed by atoms with E-state index in [1.807, 2.05) is 12.1 Å². The summed E-state index contributed by atoms with van der Waals surface area (Å²) in [5, 5.41) is 0. The van der Waals surface area contributed by atoms with Gasteiger partial charge in [0.05, 0.1) is 11.0 Å². The average Bonchev–Trinajstić information content (AvgIpc) is 2.96. The third-order valence-electron chi connectivity index (χ3n) is 3.95. The molecule has 1 heterocycles. The number of rotatable bonds is 7. The lowest BCUT2D eigenvalue weighted by atomic mass is 10.00. The largest absolute Gasteiger partial charge is 0.378 e. The Morgan fingerprint density at radius 2 is 2.10 bits per heavy atom. The molecule has 0 radical (unpaired) electrons. The Morgan fingerprint density at radius 1 is 1.38 bits per heavy atom. The van der Waals surface area contributed by atoms with Crippen molar-refractivity contribution < 1.29 is 13.2 Å². The van der Waals surface area contributed by atoms with E-state index < -0.39 is 9.84 Å². The molecule has 0 aromatic heterocycles. The van der Waals surface area contributed by atoms with Crippen molar-refractivity contribution in [2.45, 2.75) is 49.1 Å². The van der Waals surface area contributed by atoms with Crippen molar-refractivity contribution in [2.24, 2.45) is 5.84 Å². The SMILES string of the molecule is CS(=O)(=O)c1ccc(C(CCCC2CCCO2)NN)cc1. The summed E-state index contributed by atoms with van der Waals surface area (Å²) in [5.41, 5.74) is 3.82. The number of nitrogens with one attached hydrogen (secondary N) is 1. The quantitative estimate of drug-likeness (QED) is 0.594. The smallest absolute Gasteiger partial charge is 0.175 e. The maximum absolute atomic E-state index is 11.4. The Labute approximate surface area is 126 Å². The molecule has 1 aliphatic heterocycles. The second-order valence-corrected chi connectivity index (χ2v) is 7.64. The van der Waals surface area contributed by atoms with Gasteiger partial charge < -0.3 is 4.74 Å². The maximum Gasteiger partial charge on any atom is 0.175 e. The van der Waals surface area contributed by atoms with Gasteiger partial charge in [-0.2, -0.15) is 0 Å². The molecule has 0 spiro atoms. The predicted molar refractivity (Wildman–Crippen MR) is 82.4 cm³/mol. The van der Waals surface area contributed by atoms with Crippen molar-refractivity contribution in [3.05, 3.63) is 29.8 Å². The average molecular weight is 312 g/mol. The first-order valence-corrected chi connectivity index (χ1v) is 9.27. The number of nitrogens with two attached hydrogens (primary N) is 1. The normalized spacial score (nSPS) is 20.6. The fourth-order valence-electron chi connectivity index (χ4n) is 2.72. The van der Waals surface area contributed by atoms with Gasteiger partial charge in [0, 0.05) is 18.9 Å². The van der Waals surface area contributed by atoms with Crippen molar-refractivity contribution in [1.82, 2.24) is 5.43 Å². The van der Waals surface area contributed by atoms with Crippen LogP contribution in [-0.4, -0.2) is 27.4 Å². The van der Waals surface area contributed by atoms with E-state index in [1.165, 1.54) is 6.26 Å². The molecule has 1 saturated heterocycles. The Balaban J connectivity index is 1.90. The molecule has 3 N–H and O–H groups in total. The van der Waals surface area contributed by atoms with Crippen LogP contribution in [0, 0.1) is 0 Å². The zero-order chi connectivity index (χ0) is 15.3. The van der Waals surface area contributed by atoms with Crippen molar-refractivity contribution in [3.8, 4) is 0 Å². The van der Waals surface area contributed by atoms with E-state index in [4.69, 9.17) is 10.6 Å². The molecule has 0 aliphatic carbocycles. The Morgan fingerprint density at radius 3 is 2.62 bits per heavy atom. The zero-order valence-electron chi connectivity index (χ0n) is 12.4. The van der Waals surface area contributed by atoms with Crippen molar-refractivity contribution >= 4 is 9.84 Å². The standard InChI is InChI=1S/C15H24N2O3S/c1-21(18,19)14-9-7-12(8-10-14)15(17-16)6-2-4-13-5-3-11-20-13/h7-10,13,15,17H,2-6,11,16H2,1H3. The lowest BCUT2D eigenvalue weighted by molar-refractivity contribution is 0.101. The second-order valence-electron chi connectivity index (χ2n) is 5.63. The third kappa shape index (κ3) is 4.78. The maximum atomic E-state index is 11.4. The van der Waals surface area contributed by atoms with E-state index in [1.54, 1.807) is 12.1 Å². The van der Waals surface area contributed by atoms with Crippen LogP contribution in [0.3, 0.4) is 0 Å². The molecular formula is C15H24N2O3S. The first kappa shape index (κ1) is 16.4. The fraction of sp³-hybridized carbons (Fsp3) is 0.600. The lowest BCUT2D eigenvalue weighted by Gasteiger charge is -2.17. The van der Waals surface area contributed by atoms with E-state index in [0.29, 0.717) is 11.0 Å². The highest BCUT2D eigenvalue weighted by Gasteiger charge is 2.17. The molecular weight excluding hydrogens is 288 g/mol. The van der Waals surface area contributed by atoms with E-state index in [9.17, 15) is 8.42 Å². The molecule has 118 valence electrons. The summed E-state index contributed by atoms with van der Waals surface area (Å²) in [5.74, 6) is 5.62. The predicted octanol–water partition coefficient (Wildman–Crippen LogP) is 1.94. The highest BCUT2D eigenvalue weighted by Crippen LogP contribution is 2.23. The van der Waals surface area contributed by atoms with Gasteiger partial charge in [-0.15, -0.1) is 0 Å². The van der Waals surface area contributed by atoms with Gasteiger partial charge in [0.15, 0.2) is 9.84 Å². The minimum absolute atomic E-state index is 0.0417. The molecule has 1 aromatic rings. The molecule has 1 aliphatic rings. The third-order valence-corrected chi connectivity index (χ3v) is 5.08. The summed E-state index contributed by atoms with van der Waals surface area (Å²) < 4.78 is 28.5. The molecule has 0 saturated carbocycles. The number of hydrogen-bond acceptors (Lipinski definition) is 5. The minimum atomic E-state index is -3.15. The van der Waals surface area contributed by atoms with Crippen molar-refractivity contribution in [2.75, 3.05) is 12.9 Å². The number of hydrogen-bond donors (Lipinski definition) is 2. The van der Waals surface area contributed by atoms with Crippen LogP contribution in [0.4, 0.5) is 0 Å². The van der Waals surface area contributed by atoms with Crippen LogP contribution in [0.1, 0.15) is 43.7 Å². The van der Waals surface area contributed by atoms with Crippen LogP contribution >= 0.6 is 0 Å². The van der Waals surface area contributed by atoms with Gasteiger partial charge in [0.2, 0.25) is 0 Å². The molecule has 1 fully saturated rings. The Hall–Kier alpha value is -0.950. The molecule has 6 heteroatoms. The second kappa shape index (κ2) is 7.35. The first-order chi connectivity index (χ1) is 10.0. The number of sulfone groups is 1. The van der Waals surface area contributed by atoms with Crippen LogP contribution < -0.4 is 11.3 Å². The van der Waals surface area contributed by atoms with E-state index in [0.717, 1.165) is 44.3 Å². The lowest BCUT2D eigenvalue weighted by Crippen LogP contribution is -2.28. The summed E-state index contributed by atoms with van der Waals surface area (Å²) in [4.78, 5) is 0.335. The number of ether oxygens (including phenoxy) is 1. The van der Waals surface area contributed by atoms with E-state index in [2.05, 4.69) is 5.43 Å². The summed E-state index contributed by atoms with van der Waals surface area (Å²) >= 11 is 0. The summed E-state index contributed by atoms with van der Waals surface area (Å²) in [7, 11) is -3.15. The fourth-order valence-corrected chi connectivity index (χ4v) is 3.35. The minimum Gasteiger partial charge on any atom is -0.378 e. The van der Waals surface area contributed by atoms with E-state index in [-0.39, 0.29) is 6.04 Å². The van der Waals surface area contributed by atoms with Crippen LogP contribution in [0.25, 0.3) is 0 Å². The molecule has 2 unspecified atom stereocenters. The summed E-state index contributed by atoms with van der Waals surface area (Å²) in [6.07, 6.45) is 6.93. The molecule has 2 rings (SSSR count). The highest BCUT2D eigenvalue weighted by atomic mass is 32.2. The molecule has 2 atom stereocenters. The van der Waals surface area contributed by atoms with Gasteiger partial charge in [-0.05, 0) is 49.8 Å². The van der Waals surface area contributed by atoms with Gasteiger partial charge in [-0.3, -0.25) is 11.3 Å². The Kier molecular flexibility index (Phi) is 5.75. The van der Waals surface area contributed by atoms with Crippen LogP contribution in [-0.2, 0) is 14.6 Å². The number of benzene rings is 1.